The number of aromatic nitrogens is 1. The standard InChI is InChI=1S/C31H29N/c1-21(2)24-15-16-32-30(19-24)25-17-26(22-11-7-5-8-12-22)27-20-28(23-13-9-6-10-14-23)31(3,4)29(27)18-25/h5-21H,1-4H3/i21D. The summed E-state index contributed by atoms with van der Waals surface area (Å²) in [5.41, 5.74) is 10.5. The van der Waals surface area contributed by atoms with E-state index < -0.39 is 5.89 Å². The van der Waals surface area contributed by atoms with Gasteiger partial charge in [0.25, 0.3) is 0 Å². The van der Waals surface area contributed by atoms with Gasteiger partial charge in [-0.05, 0) is 75.2 Å². The molecule has 0 amide bonds. The van der Waals surface area contributed by atoms with Gasteiger partial charge >= 0.3 is 0 Å². The zero-order chi connectivity index (χ0) is 23.2. The van der Waals surface area contributed by atoms with Crippen molar-refractivity contribution in [3.8, 4) is 22.4 Å². The fraction of sp³-hybridized carbons (Fsp3) is 0.194. The third-order valence-electron chi connectivity index (χ3n) is 6.62. The van der Waals surface area contributed by atoms with Crippen molar-refractivity contribution in [2.45, 2.75) is 39.0 Å². The average Bonchev–Trinajstić information content (AvgIpc) is 3.09. The first-order valence-corrected chi connectivity index (χ1v) is 11.2. The fourth-order valence-corrected chi connectivity index (χ4v) is 4.76. The molecule has 1 aliphatic carbocycles. The summed E-state index contributed by atoms with van der Waals surface area (Å²) in [4.78, 5) is 4.71. The molecule has 0 aliphatic heterocycles. The largest absolute Gasteiger partial charge is 0.256 e. The Morgan fingerprint density at radius 2 is 1.44 bits per heavy atom. The van der Waals surface area contributed by atoms with E-state index in [1.807, 2.05) is 26.1 Å². The molecule has 0 spiro atoms. The maximum atomic E-state index is 8.48. The number of pyridine rings is 1. The van der Waals surface area contributed by atoms with Gasteiger partial charge in [-0.1, -0.05) is 88.4 Å². The first-order valence-electron chi connectivity index (χ1n) is 11.7. The van der Waals surface area contributed by atoms with E-state index in [2.05, 4.69) is 98.8 Å². The van der Waals surface area contributed by atoms with E-state index in [9.17, 15) is 0 Å². The highest BCUT2D eigenvalue weighted by molar-refractivity contribution is 5.99. The summed E-state index contributed by atoms with van der Waals surface area (Å²) in [6.07, 6.45) is 4.20. The van der Waals surface area contributed by atoms with E-state index >= 15 is 0 Å². The van der Waals surface area contributed by atoms with Gasteiger partial charge in [0, 0.05) is 18.5 Å². The van der Waals surface area contributed by atoms with Gasteiger partial charge in [0.1, 0.15) is 0 Å². The van der Waals surface area contributed by atoms with E-state index in [1.54, 1.807) is 0 Å². The monoisotopic (exact) mass is 416 g/mol. The summed E-state index contributed by atoms with van der Waals surface area (Å²) in [7, 11) is 0. The molecule has 0 bridgehead atoms. The molecule has 1 nitrogen and oxygen atoms in total. The molecule has 0 radical (unpaired) electrons. The van der Waals surface area contributed by atoms with Crippen LogP contribution in [-0.2, 0) is 5.41 Å². The van der Waals surface area contributed by atoms with Crippen LogP contribution in [0.3, 0.4) is 0 Å². The van der Waals surface area contributed by atoms with E-state index in [4.69, 9.17) is 6.35 Å². The molecule has 0 atom stereocenters. The third-order valence-corrected chi connectivity index (χ3v) is 6.62. The van der Waals surface area contributed by atoms with Crippen LogP contribution >= 0.6 is 0 Å². The number of rotatable bonds is 4. The normalized spacial score (nSPS) is 15.1. The van der Waals surface area contributed by atoms with Crippen LogP contribution in [0.15, 0.2) is 91.1 Å². The van der Waals surface area contributed by atoms with Crippen LogP contribution in [0, 0.1) is 0 Å². The first-order chi connectivity index (χ1) is 15.7. The molecule has 0 unspecified atom stereocenters. The Hall–Kier alpha value is -3.45. The van der Waals surface area contributed by atoms with Gasteiger partial charge < -0.3 is 0 Å². The predicted molar refractivity (Wildman–Crippen MR) is 137 cm³/mol. The second-order valence-electron chi connectivity index (χ2n) is 9.33. The Balaban J connectivity index is 1.75. The Labute approximate surface area is 192 Å². The zero-order valence-electron chi connectivity index (χ0n) is 20.2. The van der Waals surface area contributed by atoms with Gasteiger partial charge in [-0.3, -0.25) is 4.98 Å². The number of fused-ring (bicyclic) bond motifs is 1. The average molecular weight is 417 g/mol. The molecule has 0 saturated heterocycles. The van der Waals surface area contributed by atoms with Crippen LogP contribution in [0.25, 0.3) is 34.0 Å². The quantitative estimate of drug-likeness (QED) is 0.325. The fourth-order valence-electron chi connectivity index (χ4n) is 4.76. The predicted octanol–water partition coefficient (Wildman–Crippen LogP) is 8.37. The van der Waals surface area contributed by atoms with Gasteiger partial charge in [0.05, 0.1) is 5.69 Å². The molecule has 1 heteroatoms. The lowest BCUT2D eigenvalue weighted by Crippen LogP contribution is -2.16. The van der Waals surface area contributed by atoms with Gasteiger partial charge in [-0.15, -0.1) is 0 Å². The lowest BCUT2D eigenvalue weighted by atomic mass is 9.77. The highest BCUT2D eigenvalue weighted by Crippen LogP contribution is 2.50. The minimum absolute atomic E-state index is 0.136. The first kappa shape index (κ1) is 19.3. The smallest absolute Gasteiger partial charge is 0.0705 e. The van der Waals surface area contributed by atoms with E-state index in [0.29, 0.717) is 0 Å². The van der Waals surface area contributed by atoms with Crippen molar-refractivity contribution in [2.75, 3.05) is 0 Å². The molecule has 0 N–H and O–H groups in total. The van der Waals surface area contributed by atoms with E-state index in [1.165, 1.54) is 33.4 Å². The summed E-state index contributed by atoms with van der Waals surface area (Å²) < 4.78 is 8.48. The van der Waals surface area contributed by atoms with Crippen LogP contribution in [0.4, 0.5) is 0 Å². The van der Waals surface area contributed by atoms with Crippen molar-refractivity contribution in [1.29, 1.82) is 0 Å². The molecule has 4 aromatic rings. The Morgan fingerprint density at radius 1 is 0.781 bits per heavy atom. The lowest BCUT2D eigenvalue weighted by Gasteiger charge is -2.26. The van der Waals surface area contributed by atoms with Crippen LogP contribution in [0.5, 0.6) is 0 Å². The molecule has 1 aliphatic rings. The molecule has 0 fully saturated rings. The molecule has 32 heavy (non-hydrogen) atoms. The van der Waals surface area contributed by atoms with E-state index in [0.717, 1.165) is 16.8 Å². The molecular formula is C31H29N. The van der Waals surface area contributed by atoms with Gasteiger partial charge in [0.2, 0.25) is 0 Å². The SMILES string of the molecule is [2H]C(C)(C)c1ccnc(-c2cc(-c3ccccc3)c3c(c2)C(C)(C)C(c2ccccc2)=C3)c1. The second kappa shape index (κ2) is 7.91. The maximum absolute atomic E-state index is 8.48. The summed E-state index contributed by atoms with van der Waals surface area (Å²) in [5.74, 6) is -0.669. The summed E-state index contributed by atoms with van der Waals surface area (Å²) in [6.45, 7) is 8.46. The number of hydrogen-bond acceptors (Lipinski definition) is 1. The Morgan fingerprint density at radius 3 is 2.09 bits per heavy atom. The lowest BCUT2D eigenvalue weighted by molar-refractivity contribution is 0.704. The molecule has 0 saturated carbocycles. The molecule has 1 aromatic heterocycles. The molecule has 5 rings (SSSR count). The van der Waals surface area contributed by atoms with Crippen molar-refractivity contribution in [3.63, 3.8) is 0 Å². The molecule has 1 heterocycles. The maximum Gasteiger partial charge on any atom is 0.0705 e. The Bertz CT molecular complexity index is 1340. The summed E-state index contributed by atoms with van der Waals surface area (Å²) in [5, 5.41) is 0. The van der Waals surface area contributed by atoms with Crippen LogP contribution in [0.1, 0.15) is 57.2 Å². The van der Waals surface area contributed by atoms with Gasteiger partial charge in [0.15, 0.2) is 0 Å². The molecule has 3 aromatic carbocycles. The third kappa shape index (κ3) is 3.48. The van der Waals surface area contributed by atoms with Crippen molar-refractivity contribution < 1.29 is 1.37 Å². The topological polar surface area (TPSA) is 12.9 Å². The molecular weight excluding hydrogens is 386 g/mol. The summed E-state index contributed by atoms with van der Waals surface area (Å²) >= 11 is 0. The number of allylic oxidation sites excluding steroid dienone is 1. The highest BCUT2D eigenvalue weighted by Gasteiger charge is 2.35. The summed E-state index contributed by atoms with van der Waals surface area (Å²) in [6, 6.07) is 29.9. The Kier molecular flexibility index (Phi) is 4.76. The van der Waals surface area contributed by atoms with Crippen LogP contribution < -0.4 is 0 Å². The van der Waals surface area contributed by atoms with Crippen LogP contribution in [0.2, 0.25) is 0 Å². The number of hydrogen-bond donors (Lipinski definition) is 0. The van der Waals surface area contributed by atoms with Gasteiger partial charge in [-0.25, -0.2) is 0 Å². The highest BCUT2D eigenvalue weighted by atomic mass is 14.7. The number of benzene rings is 3. The van der Waals surface area contributed by atoms with E-state index in [-0.39, 0.29) is 5.41 Å². The molecule has 158 valence electrons. The second-order valence-corrected chi connectivity index (χ2v) is 9.33. The van der Waals surface area contributed by atoms with Crippen LogP contribution in [-0.4, -0.2) is 4.98 Å². The van der Waals surface area contributed by atoms with Crippen molar-refractivity contribution in [3.05, 3.63) is 113 Å². The van der Waals surface area contributed by atoms with Gasteiger partial charge in [-0.2, -0.15) is 0 Å². The van der Waals surface area contributed by atoms with Crippen molar-refractivity contribution in [2.24, 2.45) is 0 Å². The van der Waals surface area contributed by atoms with Crippen molar-refractivity contribution in [1.82, 2.24) is 4.98 Å². The minimum atomic E-state index is -0.669. The zero-order valence-corrected chi connectivity index (χ0v) is 19.2. The van der Waals surface area contributed by atoms with Crippen molar-refractivity contribution >= 4 is 11.6 Å². The number of nitrogens with zero attached hydrogens (tertiary/aromatic N) is 1. The minimum Gasteiger partial charge on any atom is -0.256 e.